The average molecular weight is 817 g/mol. The summed E-state index contributed by atoms with van der Waals surface area (Å²) in [6, 6.07) is -3.73. The van der Waals surface area contributed by atoms with Gasteiger partial charge in [0.05, 0.1) is 38.9 Å². The highest BCUT2D eigenvalue weighted by atomic mass is 16.4. The molecule has 0 saturated carbocycles. The maximum Gasteiger partial charge on any atom is 0.326 e. The van der Waals surface area contributed by atoms with Crippen LogP contribution in [0.25, 0.3) is 0 Å². The summed E-state index contributed by atoms with van der Waals surface area (Å²) in [7, 11) is 0. The highest BCUT2D eigenvalue weighted by molar-refractivity contribution is 5.94. The second kappa shape index (κ2) is 40.9. The van der Waals surface area contributed by atoms with Crippen LogP contribution >= 0.6 is 0 Å². The molecule has 322 valence electrons. The first-order valence-electron chi connectivity index (χ1n) is 15.8. The van der Waals surface area contributed by atoms with E-state index in [-0.39, 0.29) is 37.7 Å². The molecular formula is C30H52N6O20. The van der Waals surface area contributed by atoms with Crippen molar-refractivity contribution in [3.05, 3.63) is 0 Å². The number of amides is 6. The Labute approximate surface area is 319 Å². The summed E-state index contributed by atoms with van der Waals surface area (Å²) < 4.78 is 0. The number of carbonyl (C=O) groups is 13. The fourth-order valence-electron chi connectivity index (χ4n) is 2.81. The molecule has 13 N–H and O–H groups in total. The lowest BCUT2D eigenvalue weighted by Crippen LogP contribution is -2.52. The first-order valence-corrected chi connectivity index (χ1v) is 15.8. The predicted molar refractivity (Wildman–Crippen MR) is 188 cm³/mol. The van der Waals surface area contributed by atoms with Gasteiger partial charge in [-0.15, -0.1) is 0 Å². The normalized spacial score (nSPS) is 10.3. The topological polar surface area (TPSA) is 436 Å². The van der Waals surface area contributed by atoms with Crippen LogP contribution in [-0.4, -0.2) is 152 Å². The van der Waals surface area contributed by atoms with Crippen molar-refractivity contribution in [3.8, 4) is 0 Å². The Balaban J connectivity index is -0.000000180. The van der Waals surface area contributed by atoms with E-state index in [1.54, 1.807) is 6.92 Å². The largest absolute Gasteiger partial charge is 0.483 e. The van der Waals surface area contributed by atoms with Crippen LogP contribution in [-0.2, 0) is 62.3 Å². The molecule has 56 heavy (non-hydrogen) atoms. The number of carboxylic acids is 6. The van der Waals surface area contributed by atoms with Gasteiger partial charge in [-0.05, 0) is 13.3 Å². The minimum atomic E-state index is -1.73. The molecule has 0 fully saturated rings. The number of carboxylic acid groups (broad SMARTS) is 7. The minimum Gasteiger partial charge on any atom is -0.483 e. The maximum atomic E-state index is 11.9. The van der Waals surface area contributed by atoms with E-state index in [1.165, 1.54) is 0 Å². The summed E-state index contributed by atoms with van der Waals surface area (Å²) >= 11 is 0. The zero-order chi connectivity index (χ0) is 45.4. The van der Waals surface area contributed by atoms with Crippen molar-refractivity contribution in [2.45, 2.75) is 91.8 Å². The fourth-order valence-corrected chi connectivity index (χ4v) is 2.81. The monoisotopic (exact) mass is 816 g/mol. The minimum absolute atomic E-state index is 0.108. The van der Waals surface area contributed by atoms with E-state index in [4.69, 9.17) is 50.1 Å². The van der Waals surface area contributed by atoms with Crippen LogP contribution in [0.1, 0.15) is 73.6 Å². The van der Waals surface area contributed by atoms with E-state index in [0.717, 1.165) is 20.3 Å². The van der Waals surface area contributed by atoms with Crippen LogP contribution in [0.5, 0.6) is 0 Å². The van der Waals surface area contributed by atoms with Crippen LogP contribution in [0, 0.1) is 0 Å². The molecule has 26 heteroatoms. The molecule has 0 aromatic carbocycles. The Kier molecular flexibility index (Phi) is 44.6. The number of rotatable bonds is 20. The zero-order valence-corrected chi connectivity index (χ0v) is 31.5. The van der Waals surface area contributed by atoms with Gasteiger partial charge in [0.1, 0.15) is 12.1 Å². The van der Waals surface area contributed by atoms with E-state index < -0.39 is 97.6 Å². The third-order valence-corrected chi connectivity index (χ3v) is 4.62. The van der Waals surface area contributed by atoms with Gasteiger partial charge in [-0.2, -0.15) is 0 Å². The van der Waals surface area contributed by atoms with Crippen molar-refractivity contribution in [2.24, 2.45) is 0 Å². The molecule has 0 saturated heterocycles. The quantitative estimate of drug-likeness (QED) is 0.0534. The Hall–Kier alpha value is -6.89. The number of hydrogen-bond donors (Lipinski definition) is 13. The second-order valence-corrected chi connectivity index (χ2v) is 9.73. The standard InChI is InChI=1S/C13H18N4O10.C10H18N2O4.2C2H4O2.C2H6.CH2O2/c18-5-14-3-8(19)16-6(1-10(21)22)12(25)15-4-9(20)17-7(13(26)27)2-11(23)24;1-3-4-8(13)11-6-9(14)12-7(2)5-10(15)16;2*1-2(3)4;1-2;2-1-3/h5-7H,1-4H2,(H,14,18)(H,15,25)(H,16,19)(H,17,20)(H,21,22)(H,23,24)(H,26,27);7H,3-6H2,1-2H3,(H,11,13)(H,12,14)(H,15,16);2*1H3,(H,3,4);1-2H3;1H,(H,2,3). The summed E-state index contributed by atoms with van der Waals surface area (Å²) in [4.78, 5) is 136. The van der Waals surface area contributed by atoms with Crippen LogP contribution < -0.4 is 31.9 Å². The fraction of sp³-hybridized carbons (Fsp3) is 0.567. The molecule has 0 aromatic rings. The van der Waals surface area contributed by atoms with Crippen LogP contribution in [0.3, 0.4) is 0 Å². The van der Waals surface area contributed by atoms with Gasteiger partial charge in [-0.3, -0.25) is 57.5 Å². The third kappa shape index (κ3) is 56.5. The van der Waals surface area contributed by atoms with Gasteiger partial charge in [0, 0.05) is 26.3 Å². The third-order valence-electron chi connectivity index (χ3n) is 4.62. The molecule has 0 bridgehead atoms. The average Bonchev–Trinajstić information content (AvgIpc) is 3.05. The number of carbonyl (C=O) groups excluding carboxylic acids is 6. The molecular weight excluding hydrogens is 764 g/mol. The van der Waals surface area contributed by atoms with E-state index in [2.05, 4.69) is 10.6 Å². The molecule has 0 aliphatic carbocycles. The van der Waals surface area contributed by atoms with Crippen molar-refractivity contribution >= 4 is 78.2 Å². The Morgan fingerprint density at radius 2 is 0.929 bits per heavy atom. The lowest BCUT2D eigenvalue weighted by Gasteiger charge is -2.17. The van der Waals surface area contributed by atoms with Gasteiger partial charge >= 0.3 is 23.9 Å². The zero-order valence-electron chi connectivity index (χ0n) is 31.5. The molecule has 3 atom stereocenters. The second-order valence-electron chi connectivity index (χ2n) is 9.73. The van der Waals surface area contributed by atoms with Gasteiger partial charge in [-0.25, -0.2) is 4.79 Å². The highest BCUT2D eigenvalue weighted by Gasteiger charge is 2.26. The van der Waals surface area contributed by atoms with Crippen LogP contribution in [0.4, 0.5) is 0 Å². The highest BCUT2D eigenvalue weighted by Crippen LogP contribution is 1.95. The van der Waals surface area contributed by atoms with E-state index >= 15 is 0 Å². The molecule has 0 rings (SSSR count). The molecule has 0 aliphatic heterocycles. The number of nitrogens with one attached hydrogen (secondary N) is 6. The first kappa shape index (κ1) is 61.2. The summed E-state index contributed by atoms with van der Waals surface area (Å²) in [6.45, 7) is 7.97. The van der Waals surface area contributed by atoms with Crippen LogP contribution in [0.2, 0.25) is 0 Å². The van der Waals surface area contributed by atoms with Crippen molar-refractivity contribution in [2.75, 3.05) is 19.6 Å². The Morgan fingerprint density at radius 1 is 0.571 bits per heavy atom. The summed E-state index contributed by atoms with van der Waals surface area (Å²) in [6.07, 6.45) is -0.519. The molecule has 0 aromatic heterocycles. The van der Waals surface area contributed by atoms with Crippen molar-refractivity contribution < 1.29 is 98.1 Å². The van der Waals surface area contributed by atoms with Crippen molar-refractivity contribution in [3.63, 3.8) is 0 Å². The first-order chi connectivity index (χ1) is 25.9. The summed E-state index contributed by atoms with van der Waals surface area (Å²) in [5, 5.41) is 69.1. The molecule has 0 spiro atoms. The lowest BCUT2D eigenvalue weighted by molar-refractivity contribution is -0.147. The molecule has 3 unspecified atom stereocenters. The van der Waals surface area contributed by atoms with Gasteiger partial charge < -0.3 is 67.6 Å². The Morgan fingerprint density at radius 3 is 1.30 bits per heavy atom. The lowest BCUT2D eigenvalue weighted by atomic mass is 10.2. The van der Waals surface area contributed by atoms with Gasteiger partial charge in [0.2, 0.25) is 35.9 Å². The SMILES string of the molecule is CC.CC(=O)O.CC(=O)O.CCCC(=O)NCC(=O)NC(C)CC(=O)O.O=CNCC(=O)NC(CC(=O)O)C(=O)NCC(=O)NC(CC(=O)O)C(=O)O.O=CO. The smallest absolute Gasteiger partial charge is 0.326 e. The predicted octanol–water partition coefficient (Wildman–Crippen LogP) is -3.36. The summed E-state index contributed by atoms with van der Waals surface area (Å²) in [5.74, 6) is -10.7. The summed E-state index contributed by atoms with van der Waals surface area (Å²) in [5.41, 5.74) is 0. The van der Waals surface area contributed by atoms with Gasteiger partial charge in [-0.1, -0.05) is 20.8 Å². The van der Waals surface area contributed by atoms with E-state index in [0.29, 0.717) is 6.42 Å². The van der Waals surface area contributed by atoms with Crippen LogP contribution in [0.15, 0.2) is 0 Å². The molecule has 6 amide bonds. The molecule has 0 heterocycles. The molecule has 0 radical (unpaired) electrons. The van der Waals surface area contributed by atoms with Gasteiger partial charge in [0.25, 0.3) is 18.4 Å². The van der Waals surface area contributed by atoms with E-state index in [9.17, 15) is 47.9 Å². The molecule has 0 aliphatic rings. The van der Waals surface area contributed by atoms with E-state index in [1.807, 2.05) is 42.0 Å². The molecule has 26 nitrogen and oxygen atoms in total. The van der Waals surface area contributed by atoms with Crippen molar-refractivity contribution in [1.29, 1.82) is 0 Å². The van der Waals surface area contributed by atoms with Gasteiger partial charge in [0.15, 0.2) is 0 Å². The van der Waals surface area contributed by atoms with Crippen molar-refractivity contribution in [1.82, 2.24) is 31.9 Å². The Bertz CT molecular complexity index is 1260. The maximum absolute atomic E-state index is 11.9. The number of aliphatic carboxylic acids is 6. The number of hydrogen-bond acceptors (Lipinski definition) is 13.